The van der Waals surface area contributed by atoms with Gasteiger partial charge in [-0.15, -0.1) is 0 Å². The SMILES string of the molecule is C[Se]c1nc(Cl)c2ncn([C@H]3C[C@H](OP(=O)(O)O)[C@@]4(COP(=O)(O)O)C[C@H]34)c2n1. The number of fused-ring (bicyclic) bond motifs is 2. The molecule has 2 heterocycles. The molecule has 2 aliphatic carbocycles. The Balaban J connectivity index is 1.70. The monoisotopic (exact) mass is 534 g/mol. The van der Waals surface area contributed by atoms with Crippen LogP contribution in [-0.4, -0.2) is 66.8 Å². The van der Waals surface area contributed by atoms with E-state index in [1.807, 2.05) is 5.82 Å². The second kappa shape index (κ2) is 7.32. The summed E-state index contributed by atoms with van der Waals surface area (Å²) in [6, 6.07) is -0.305. The molecule has 4 atom stereocenters. The molecule has 2 aliphatic rings. The second-order valence-electron chi connectivity index (χ2n) is 7.02. The summed E-state index contributed by atoms with van der Waals surface area (Å²) in [7, 11) is -9.58. The number of nitrogens with zero attached hydrogens (tertiary/aromatic N) is 4. The van der Waals surface area contributed by atoms with E-state index < -0.39 is 27.2 Å². The van der Waals surface area contributed by atoms with E-state index in [2.05, 4.69) is 19.5 Å². The Morgan fingerprint density at radius 1 is 1.31 bits per heavy atom. The van der Waals surface area contributed by atoms with Crippen LogP contribution in [0.25, 0.3) is 11.2 Å². The summed E-state index contributed by atoms with van der Waals surface area (Å²) in [4.78, 5) is 49.7. The predicted octanol–water partition coefficient (Wildman–Crippen LogP) is 0.396. The topological polar surface area (TPSA) is 177 Å². The van der Waals surface area contributed by atoms with Crippen LogP contribution in [0, 0.1) is 11.3 Å². The van der Waals surface area contributed by atoms with Gasteiger partial charge in [-0.05, 0) is 0 Å². The molecular weight excluding hydrogens is 517 g/mol. The number of hydrogen-bond donors (Lipinski definition) is 4. The zero-order chi connectivity index (χ0) is 21.2. The maximum absolute atomic E-state index is 11.5. The van der Waals surface area contributed by atoms with E-state index in [4.69, 9.17) is 25.9 Å². The molecule has 0 bridgehead atoms. The molecule has 29 heavy (non-hydrogen) atoms. The summed E-state index contributed by atoms with van der Waals surface area (Å²) < 4.78 is 34.6. The summed E-state index contributed by atoms with van der Waals surface area (Å²) in [5.41, 5.74) is -0.00306. The van der Waals surface area contributed by atoms with Crippen molar-refractivity contribution in [2.24, 2.45) is 11.3 Å². The third-order valence-electron chi connectivity index (χ3n) is 5.40. The van der Waals surface area contributed by atoms with Crippen LogP contribution in [0.1, 0.15) is 18.9 Å². The van der Waals surface area contributed by atoms with Crippen LogP contribution >= 0.6 is 27.2 Å². The third kappa shape index (κ3) is 4.20. The number of hydrogen-bond acceptors (Lipinski definition) is 7. The maximum atomic E-state index is 11.5. The minimum atomic E-state index is -4.82. The second-order valence-corrected chi connectivity index (χ2v) is 11.4. The first-order valence-corrected chi connectivity index (χ1v) is 14.3. The zero-order valence-corrected chi connectivity index (χ0v) is 19.1. The number of phosphoric ester groups is 2. The normalized spacial score (nSPS) is 29.4. The molecule has 2 aromatic heterocycles. The average Bonchev–Trinajstić information content (AvgIpc) is 3.06. The molecule has 2 aromatic rings. The van der Waals surface area contributed by atoms with Gasteiger partial charge in [0.25, 0.3) is 0 Å². The molecule has 160 valence electrons. The van der Waals surface area contributed by atoms with Crippen LogP contribution in [0.15, 0.2) is 6.33 Å². The summed E-state index contributed by atoms with van der Waals surface area (Å²) in [5.74, 6) is 1.75. The molecule has 0 aromatic carbocycles. The van der Waals surface area contributed by atoms with Gasteiger partial charge in [0.15, 0.2) is 0 Å². The Kier molecular flexibility index (Phi) is 5.50. The summed E-state index contributed by atoms with van der Waals surface area (Å²) in [6.07, 6.45) is 1.20. The van der Waals surface area contributed by atoms with Crippen LogP contribution in [-0.2, 0) is 18.2 Å². The van der Waals surface area contributed by atoms with Gasteiger partial charge in [-0.1, -0.05) is 0 Å². The van der Waals surface area contributed by atoms with E-state index in [1.54, 1.807) is 4.57 Å². The quantitative estimate of drug-likeness (QED) is 0.220. The molecule has 2 fully saturated rings. The van der Waals surface area contributed by atoms with Crippen molar-refractivity contribution in [3.05, 3.63) is 11.5 Å². The fourth-order valence-electron chi connectivity index (χ4n) is 4.14. The molecule has 0 spiro atoms. The van der Waals surface area contributed by atoms with E-state index >= 15 is 0 Å². The van der Waals surface area contributed by atoms with Crippen molar-refractivity contribution in [1.82, 2.24) is 19.5 Å². The van der Waals surface area contributed by atoms with Crippen molar-refractivity contribution in [2.75, 3.05) is 6.61 Å². The van der Waals surface area contributed by atoms with Crippen LogP contribution in [0.2, 0.25) is 11.0 Å². The van der Waals surface area contributed by atoms with E-state index in [0.29, 0.717) is 22.3 Å². The predicted molar refractivity (Wildman–Crippen MR) is 101 cm³/mol. The van der Waals surface area contributed by atoms with E-state index in [1.165, 1.54) is 6.33 Å². The number of rotatable bonds is 7. The zero-order valence-electron chi connectivity index (χ0n) is 14.8. The molecule has 0 saturated heterocycles. The Labute approximate surface area is 175 Å². The van der Waals surface area contributed by atoms with Gasteiger partial charge >= 0.3 is 176 Å². The Morgan fingerprint density at radius 2 is 2.03 bits per heavy atom. The van der Waals surface area contributed by atoms with Crippen molar-refractivity contribution in [3.63, 3.8) is 0 Å². The molecular formula is C13H17ClN4O8P2Se. The van der Waals surface area contributed by atoms with Gasteiger partial charge in [0.05, 0.1) is 0 Å². The summed E-state index contributed by atoms with van der Waals surface area (Å²) in [6.45, 7) is -0.380. The van der Waals surface area contributed by atoms with Crippen LogP contribution in [0.3, 0.4) is 0 Å². The van der Waals surface area contributed by atoms with Crippen molar-refractivity contribution in [3.8, 4) is 0 Å². The average molecular weight is 534 g/mol. The molecule has 0 unspecified atom stereocenters. The van der Waals surface area contributed by atoms with Crippen molar-refractivity contribution in [2.45, 2.75) is 30.8 Å². The summed E-state index contributed by atoms with van der Waals surface area (Å²) >= 11 is 6.19. The molecule has 4 rings (SSSR count). The first kappa shape index (κ1) is 21.8. The van der Waals surface area contributed by atoms with Gasteiger partial charge in [0, 0.05) is 0 Å². The molecule has 4 N–H and O–H groups in total. The van der Waals surface area contributed by atoms with Crippen molar-refractivity contribution in [1.29, 1.82) is 0 Å². The standard InChI is InChI=1S/C13H17ClN4O8P2Se/c1-29-12-16-10(14)9-11(17-12)18(5-15-9)7-2-8(26-28(22,23)24)13(3-6(7)13)4-25-27(19,20)21/h5-8H,2-4H2,1H3,(H2,19,20,21)(H2,22,23,24)/t6-,7+,8+,13-/m1/s1. The molecule has 0 amide bonds. The fourth-order valence-corrected chi connectivity index (χ4v) is 6.26. The Morgan fingerprint density at radius 3 is 2.66 bits per heavy atom. The van der Waals surface area contributed by atoms with Crippen LogP contribution in [0.4, 0.5) is 0 Å². The fraction of sp³-hybridized carbons (Fsp3) is 0.615. The third-order valence-corrected chi connectivity index (χ3v) is 7.81. The number of phosphoric acid groups is 2. The van der Waals surface area contributed by atoms with E-state index in [9.17, 15) is 18.9 Å². The molecule has 2 saturated carbocycles. The Bertz CT molecular complexity index is 1060. The van der Waals surface area contributed by atoms with Crippen LogP contribution < -0.4 is 4.72 Å². The van der Waals surface area contributed by atoms with Gasteiger partial charge in [-0.3, -0.25) is 0 Å². The number of imidazole rings is 1. The van der Waals surface area contributed by atoms with Gasteiger partial charge in [0.2, 0.25) is 0 Å². The van der Waals surface area contributed by atoms with Gasteiger partial charge in [-0.2, -0.15) is 0 Å². The summed E-state index contributed by atoms with van der Waals surface area (Å²) in [5, 5.41) is 0.223. The van der Waals surface area contributed by atoms with Crippen molar-refractivity contribution < 1.29 is 37.8 Å². The van der Waals surface area contributed by atoms with Gasteiger partial charge < -0.3 is 0 Å². The first-order valence-electron chi connectivity index (χ1n) is 8.31. The van der Waals surface area contributed by atoms with Gasteiger partial charge in [-0.25, -0.2) is 0 Å². The minimum absolute atomic E-state index is 0.00470. The number of halogens is 1. The van der Waals surface area contributed by atoms with E-state index in [-0.39, 0.29) is 45.1 Å². The Hall–Kier alpha value is -0.421. The van der Waals surface area contributed by atoms with Gasteiger partial charge in [0.1, 0.15) is 0 Å². The molecule has 0 aliphatic heterocycles. The molecule has 0 radical (unpaired) electrons. The first-order chi connectivity index (χ1) is 13.4. The van der Waals surface area contributed by atoms with E-state index in [0.717, 1.165) is 0 Å². The molecule has 12 nitrogen and oxygen atoms in total. The number of aromatic nitrogens is 4. The van der Waals surface area contributed by atoms with Crippen molar-refractivity contribution >= 4 is 58.1 Å². The van der Waals surface area contributed by atoms with Crippen LogP contribution in [0.5, 0.6) is 0 Å². The molecule has 16 heteroatoms.